The predicted molar refractivity (Wildman–Crippen MR) is 84.6 cm³/mol. The van der Waals surface area contributed by atoms with Gasteiger partial charge in [-0.1, -0.05) is 48.0 Å². The number of nitro benzene ring substituents is 1. The van der Waals surface area contributed by atoms with Crippen LogP contribution >= 0.6 is 15.9 Å². The molecule has 0 unspecified atom stereocenters. The quantitative estimate of drug-likeness (QED) is 0.615. The Bertz CT molecular complexity index is 642. The van der Waals surface area contributed by atoms with E-state index >= 15 is 0 Å². The topological polar surface area (TPSA) is 55.2 Å². The molecule has 0 aliphatic carbocycles. The molecule has 0 aliphatic rings. The lowest BCUT2D eigenvalue weighted by atomic mass is 10.0. The molecule has 104 valence electrons. The molecule has 4 nitrogen and oxygen atoms in total. The summed E-state index contributed by atoms with van der Waals surface area (Å²) in [6.45, 7) is 4.19. The summed E-state index contributed by atoms with van der Waals surface area (Å²) in [5.74, 6) is 0.341. The molecule has 0 radical (unpaired) electrons. The van der Waals surface area contributed by atoms with Crippen molar-refractivity contribution in [1.29, 1.82) is 0 Å². The van der Waals surface area contributed by atoms with Crippen LogP contribution in [0.5, 0.6) is 0 Å². The number of benzene rings is 2. The summed E-state index contributed by atoms with van der Waals surface area (Å²) in [6, 6.07) is 12.8. The largest absolute Gasteiger partial charge is 0.350 e. The smallest absolute Gasteiger partial charge is 0.293 e. The molecule has 2 rings (SSSR count). The van der Waals surface area contributed by atoms with E-state index in [2.05, 4.69) is 35.1 Å². The van der Waals surface area contributed by atoms with Crippen LogP contribution in [0.25, 0.3) is 0 Å². The van der Waals surface area contributed by atoms with Gasteiger partial charge in [0.05, 0.1) is 4.92 Å². The minimum absolute atomic E-state index is 0.0536. The summed E-state index contributed by atoms with van der Waals surface area (Å²) in [5, 5.41) is 14.3. The van der Waals surface area contributed by atoms with Gasteiger partial charge in [-0.3, -0.25) is 10.1 Å². The van der Waals surface area contributed by atoms with E-state index in [1.54, 1.807) is 12.1 Å². The molecule has 0 aliphatic heterocycles. The Hall–Kier alpha value is -1.88. The van der Waals surface area contributed by atoms with Crippen molar-refractivity contribution in [3.05, 3.63) is 62.6 Å². The maximum absolute atomic E-state index is 11.1. The number of nitrogens with zero attached hydrogens (tertiary/aromatic N) is 1. The van der Waals surface area contributed by atoms with Crippen LogP contribution in [0.4, 0.5) is 17.1 Å². The fourth-order valence-electron chi connectivity index (χ4n) is 2.02. The average Bonchev–Trinajstić information content (AvgIpc) is 2.41. The van der Waals surface area contributed by atoms with E-state index in [9.17, 15) is 10.1 Å². The Balaban J connectivity index is 2.43. The van der Waals surface area contributed by atoms with Crippen LogP contribution in [0, 0.1) is 10.1 Å². The Morgan fingerprint density at radius 1 is 1.15 bits per heavy atom. The number of halogens is 1. The van der Waals surface area contributed by atoms with Crippen LogP contribution in [0.15, 0.2) is 46.9 Å². The number of para-hydroxylation sites is 1. The van der Waals surface area contributed by atoms with E-state index in [0.717, 1.165) is 11.3 Å². The highest BCUT2D eigenvalue weighted by Gasteiger charge is 2.15. The number of anilines is 2. The molecule has 20 heavy (non-hydrogen) atoms. The van der Waals surface area contributed by atoms with Crippen LogP contribution < -0.4 is 5.32 Å². The number of nitro groups is 1. The van der Waals surface area contributed by atoms with E-state index < -0.39 is 0 Å². The van der Waals surface area contributed by atoms with Crippen molar-refractivity contribution in [3.63, 3.8) is 0 Å². The Labute approximate surface area is 126 Å². The normalized spacial score (nSPS) is 10.6. The van der Waals surface area contributed by atoms with Gasteiger partial charge in [0.25, 0.3) is 5.69 Å². The lowest BCUT2D eigenvalue weighted by Crippen LogP contribution is -2.00. The van der Waals surface area contributed by atoms with Gasteiger partial charge in [0.2, 0.25) is 0 Å². The van der Waals surface area contributed by atoms with Gasteiger partial charge in [-0.05, 0) is 29.7 Å². The molecule has 0 bridgehead atoms. The first-order valence-electron chi connectivity index (χ1n) is 6.29. The third-order valence-electron chi connectivity index (χ3n) is 3.01. The third kappa shape index (κ3) is 3.17. The van der Waals surface area contributed by atoms with Crippen LogP contribution in [0.1, 0.15) is 25.3 Å². The second kappa shape index (κ2) is 6.05. The van der Waals surface area contributed by atoms with E-state index in [4.69, 9.17) is 0 Å². The Kier molecular flexibility index (Phi) is 4.39. The van der Waals surface area contributed by atoms with Crippen LogP contribution in [-0.4, -0.2) is 4.92 Å². The first-order valence-corrected chi connectivity index (χ1v) is 7.08. The van der Waals surface area contributed by atoms with E-state index in [1.165, 1.54) is 6.07 Å². The molecule has 5 heteroatoms. The van der Waals surface area contributed by atoms with Crippen molar-refractivity contribution in [1.82, 2.24) is 0 Å². The maximum atomic E-state index is 11.1. The van der Waals surface area contributed by atoms with Crippen LogP contribution in [-0.2, 0) is 0 Å². The fraction of sp³-hybridized carbons (Fsp3) is 0.200. The molecule has 0 amide bonds. The molecule has 0 heterocycles. The number of hydrogen-bond donors (Lipinski definition) is 1. The van der Waals surface area contributed by atoms with Gasteiger partial charge < -0.3 is 5.32 Å². The molecular formula is C15H15BrN2O2. The standard InChI is InChI=1S/C15H15BrN2O2/c1-10(2)12-5-3-4-6-13(12)17-14-8-7-11(16)9-15(14)18(19)20/h3-10,17H,1-2H3. The Morgan fingerprint density at radius 2 is 1.85 bits per heavy atom. The Morgan fingerprint density at radius 3 is 2.50 bits per heavy atom. The minimum Gasteiger partial charge on any atom is -0.350 e. The van der Waals surface area contributed by atoms with Gasteiger partial charge in [0, 0.05) is 16.2 Å². The highest BCUT2D eigenvalue weighted by atomic mass is 79.9. The first-order chi connectivity index (χ1) is 9.49. The zero-order valence-corrected chi connectivity index (χ0v) is 12.8. The van der Waals surface area contributed by atoms with E-state index in [-0.39, 0.29) is 10.6 Å². The van der Waals surface area contributed by atoms with Crippen molar-refractivity contribution in [3.8, 4) is 0 Å². The van der Waals surface area contributed by atoms with E-state index in [1.807, 2.05) is 24.3 Å². The van der Waals surface area contributed by atoms with Crippen molar-refractivity contribution in [2.24, 2.45) is 0 Å². The molecule has 0 fully saturated rings. The van der Waals surface area contributed by atoms with Crippen LogP contribution in [0.3, 0.4) is 0 Å². The molecule has 1 N–H and O–H groups in total. The molecule has 2 aromatic rings. The summed E-state index contributed by atoms with van der Waals surface area (Å²) < 4.78 is 0.687. The summed E-state index contributed by atoms with van der Waals surface area (Å²) in [6.07, 6.45) is 0. The lowest BCUT2D eigenvalue weighted by Gasteiger charge is -2.14. The monoisotopic (exact) mass is 334 g/mol. The molecule has 0 aromatic heterocycles. The van der Waals surface area contributed by atoms with Crippen molar-refractivity contribution in [2.45, 2.75) is 19.8 Å². The number of hydrogen-bond acceptors (Lipinski definition) is 3. The highest BCUT2D eigenvalue weighted by Crippen LogP contribution is 2.33. The van der Waals surface area contributed by atoms with Crippen LogP contribution in [0.2, 0.25) is 0 Å². The van der Waals surface area contributed by atoms with Gasteiger partial charge >= 0.3 is 0 Å². The first kappa shape index (κ1) is 14.5. The lowest BCUT2D eigenvalue weighted by molar-refractivity contribution is -0.384. The second-order valence-electron chi connectivity index (χ2n) is 4.79. The second-order valence-corrected chi connectivity index (χ2v) is 5.70. The summed E-state index contributed by atoms with van der Waals surface area (Å²) >= 11 is 3.26. The molecule has 0 saturated carbocycles. The molecule has 0 atom stereocenters. The highest BCUT2D eigenvalue weighted by molar-refractivity contribution is 9.10. The minimum atomic E-state index is -0.384. The summed E-state index contributed by atoms with van der Waals surface area (Å²) in [5.41, 5.74) is 2.57. The molecule has 0 saturated heterocycles. The summed E-state index contributed by atoms with van der Waals surface area (Å²) in [4.78, 5) is 10.7. The zero-order valence-electron chi connectivity index (χ0n) is 11.3. The van der Waals surface area contributed by atoms with Gasteiger partial charge in [0.15, 0.2) is 0 Å². The van der Waals surface area contributed by atoms with Gasteiger partial charge in [-0.15, -0.1) is 0 Å². The molecular weight excluding hydrogens is 320 g/mol. The zero-order chi connectivity index (χ0) is 14.7. The van der Waals surface area contributed by atoms with Gasteiger partial charge in [-0.2, -0.15) is 0 Å². The van der Waals surface area contributed by atoms with Crippen molar-refractivity contribution < 1.29 is 4.92 Å². The van der Waals surface area contributed by atoms with Gasteiger partial charge in [0.1, 0.15) is 5.69 Å². The SMILES string of the molecule is CC(C)c1ccccc1Nc1ccc(Br)cc1[N+](=O)[O-]. The average molecular weight is 335 g/mol. The fourth-order valence-corrected chi connectivity index (χ4v) is 2.37. The van der Waals surface area contributed by atoms with Crippen molar-refractivity contribution in [2.75, 3.05) is 5.32 Å². The molecule has 2 aromatic carbocycles. The third-order valence-corrected chi connectivity index (χ3v) is 3.50. The van der Waals surface area contributed by atoms with Gasteiger partial charge in [-0.25, -0.2) is 0 Å². The van der Waals surface area contributed by atoms with E-state index in [0.29, 0.717) is 16.1 Å². The number of rotatable bonds is 4. The van der Waals surface area contributed by atoms with Crippen molar-refractivity contribution >= 4 is 33.0 Å². The number of nitrogens with one attached hydrogen (secondary N) is 1. The predicted octanol–water partition coefficient (Wildman–Crippen LogP) is 5.22. The summed E-state index contributed by atoms with van der Waals surface area (Å²) in [7, 11) is 0. The molecule has 0 spiro atoms. The maximum Gasteiger partial charge on any atom is 0.293 e.